The number of hydrogen-bond donors (Lipinski definition) is 0. The molecule has 0 aliphatic heterocycles. The second-order valence-electron chi connectivity index (χ2n) is 4.82. The fourth-order valence-electron chi connectivity index (χ4n) is 1.31. The molecule has 1 aliphatic carbocycles. The Kier molecular flexibility index (Phi) is 3.14. The number of amides is 1. The summed E-state index contributed by atoms with van der Waals surface area (Å²) in [4.78, 5) is 12.6. The molecule has 1 aliphatic rings. The number of allylic oxidation sites excluding steroid dienone is 2. The Hall–Kier alpha value is -1.05. The standard InChI is InChI=1S/C12H19NO/c1-5-10(12(2,3)4)8-13(9-14)11-6-7-11/h5,8-9,11H,1,6-7H2,2-4H3/b10-8+. The molecule has 0 aromatic rings. The Balaban J connectivity index is 2.79. The van der Waals surface area contributed by atoms with Gasteiger partial charge in [0.2, 0.25) is 6.41 Å². The lowest BCUT2D eigenvalue weighted by molar-refractivity contribution is -0.116. The molecule has 0 radical (unpaired) electrons. The van der Waals surface area contributed by atoms with Crippen molar-refractivity contribution in [2.45, 2.75) is 39.7 Å². The summed E-state index contributed by atoms with van der Waals surface area (Å²) < 4.78 is 0. The normalized spacial score (nSPS) is 17.8. The van der Waals surface area contributed by atoms with E-state index in [-0.39, 0.29) is 5.41 Å². The summed E-state index contributed by atoms with van der Waals surface area (Å²) in [7, 11) is 0. The molecule has 1 amide bonds. The second kappa shape index (κ2) is 3.99. The largest absolute Gasteiger partial charge is 0.318 e. The molecule has 0 unspecified atom stereocenters. The summed E-state index contributed by atoms with van der Waals surface area (Å²) in [5.74, 6) is 0. The van der Waals surface area contributed by atoms with Crippen LogP contribution in [0.25, 0.3) is 0 Å². The molecular formula is C12H19NO. The van der Waals surface area contributed by atoms with Gasteiger partial charge in [0.05, 0.1) is 0 Å². The minimum absolute atomic E-state index is 0.0535. The van der Waals surface area contributed by atoms with Gasteiger partial charge in [0.25, 0.3) is 0 Å². The van der Waals surface area contributed by atoms with Crippen LogP contribution in [0.5, 0.6) is 0 Å². The molecule has 0 atom stereocenters. The predicted molar refractivity (Wildman–Crippen MR) is 58.7 cm³/mol. The van der Waals surface area contributed by atoms with Crippen molar-refractivity contribution in [2.75, 3.05) is 0 Å². The SMILES string of the molecule is C=C/C(=C\N(C=O)C1CC1)C(C)(C)C. The first-order valence-electron chi connectivity index (χ1n) is 5.06. The average molecular weight is 193 g/mol. The summed E-state index contributed by atoms with van der Waals surface area (Å²) in [6, 6.07) is 0.435. The molecule has 0 N–H and O–H groups in total. The van der Waals surface area contributed by atoms with Crippen LogP contribution in [0.15, 0.2) is 24.4 Å². The Morgan fingerprint density at radius 3 is 2.29 bits per heavy atom. The number of nitrogens with zero attached hydrogens (tertiary/aromatic N) is 1. The zero-order valence-corrected chi connectivity index (χ0v) is 9.29. The average Bonchev–Trinajstić information content (AvgIpc) is 2.87. The number of carbonyl (C=O) groups is 1. The van der Waals surface area contributed by atoms with Crippen LogP contribution in [-0.2, 0) is 4.79 Å². The second-order valence-corrected chi connectivity index (χ2v) is 4.82. The Morgan fingerprint density at radius 2 is 2.00 bits per heavy atom. The van der Waals surface area contributed by atoms with Crippen LogP contribution in [0.2, 0.25) is 0 Å². The summed E-state index contributed by atoms with van der Waals surface area (Å²) in [5, 5.41) is 0. The first-order valence-corrected chi connectivity index (χ1v) is 5.06. The highest BCUT2D eigenvalue weighted by Gasteiger charge is 2.28. The molecule has 0 bridgehead atoms. The molecule has 1 fully saturated rings. The molecule has 2 heteroatoms. The minimum atomic E-state index is 0.0535. The number of hydrogen-bond acceptors (Lipinski definition) is 1. The van der Waals surface area contributed by atoms with Crippen LogP contribution in [-0.4, -0.2) is 17.4 Å². The molecule has 1 rings (SSSR count). The molecule has 0 spiro atoms. The lowest BCUT2D eigenvalue weighted by Gasteiger charge is -2.22. The summed E-state index contributed by atoms with van der Waals surface area (Å²) in [6.07, 6.45) is 6.93. The van der Waals surface area contributed by atoms with Gasteiger partial charge in [0.15, 0.2) is 0 Å². The van der Waals surface area contributed by atoms with Crippen molar-refractivity contribution in [2.24, 2.45) is 5.41 Å². The smallest absolute Gasteiger partial charge is 0.213 e. The van der Waals surface area contributed by atoms with Crippen LogP contribution < -0.4 is 0 Å². The molecule has 1 saturated carbocycles. The lowest BCUT2D eigenvalue weighted by atomic mass is 9.87. The monoisotopic (exact) mass is 193 g/mol. The van der Waals surface area contributed by atoms with Crippen molar-refractivity contribution in [1.82, 2.24) is 4.90 Å². The fourth-order valence-corrected chi connectivity index (χ4v) is 1.31. The van der Waals surface area contributed by atoms with E-state index in [9.17, 15) is 4.79 Å². The van der Waals surface area contributed by atoms with E-state index in [1.165, 1.54) is 0 Å². The maximum atomic E-state index is 10.8. The molecular weight excluding hydrogens is 174 g/mol. The third kappa shape index (κ3) is 2.72. The number of rotatable bonds is 4. The molecule has 78 valence electrons. The topological polar surface area (TPSA) is 20.3 Å². The van der Waals surface area contributed by atoms with Gasteiger partial charge in [0.1, 0.15) is 0 Å². The Bertz CT molecular complexity index is 256. The zero-order chi connectivity index (χ0) is 10.8. The fraction of sp³-hybridized carbons (Fsp3) is 0.583. The predicted octanol–water partition coefficient (Wildman–Crippen LogP) is 2.72. The van der Waals surface area contributed by atoms with E-state index >= 15 is 0 Å². The van der Waals surface area contributed by atoms with Gasteiger partial charge in [-0.05, 0) is 23.8 Å². The third-order valence-electron chi connectivity index (χ3n) is 2.46. The van der Waals surface area contributed by atoms with Gasteiger partial charge < -0.3 is 4.90 Å². The van der Waals surface area contributed by atoms with E-state index in [4.69, 9.17) is 0 Å². The highest BCUT2D eigenvalue weighted by molar-refractivity contribution is 5.51. The molecule has 0 aromatic carbocycles. The third-order valence-corrected chi connectivity index (χ3v) is 2.46. The molecule has 0 heterocycles. The zero-order valence-electron chi connectivity index (χ0n) is 9.29. The van der Waals surface area contributed by atoms with Gasteiger partial charge >= 0.3 is 0 Å². The Morgan fingerprint density at radius 1 is 1.43 bits per heavy atom. The van der Waals surface area contributed by atoms with Crippen molar-refractivity contribution >= 4 is 6.41 Å². The Labute approximate surface area is 86.3 Å². The lowest BCUT2D eigenvalue weighted by Crippen LogP contribution is -2.20. The van der Waals surface area contributed by atoms with Gasteiger partial charge in [0, 0.05) is 12.2 Å². The first kappa shape index (κ1) is 11.0. The quantitative estimate of drug-likeness (QED) is 0.496. The molecule has 0 aromatic heterocycles. The summed E-state index contributed by atoms with van der Waals surface area (Å²) in [6.45, 7) is 10.1. The highest BCUT2D eigenvalue weighted by Crippen LogP contribution is 2.30. The minimum Gasteiger partial charge on any atom is -0.318 e. The highest BCUT2D eigenvalue weighted by atomic mass is 16.1. The van der Waals surface area contributed by atoms with Crippen molar-refractivity contribution < 1.29 is 4.79 Å². The van der Waals surface area contributed by atoms with Gasteiger partial charge in [-0.25, -0.2) is 0 Å². The van der Waals surface area contributed by atoms with E-state index in [2.05, 4.69) is 27.4 Å². The molecule has 0 saturated heterocycles. The van der Waals surface area contributed by atoms with Gasteiger partial charge in [-0.2, -0.15) is 0 Å². The van der Waals surface area contributed by atoms with Crippen LogP contribution in [0.3, 0.4) is 0 Å². The van der Waals surface area contributed by atoms with Crippen molar-refractivity contribution in [3.05, 3.63) is 24.4 Å². The van der Waals surface area contributed by atoms with Crippen molar-refractivity contribution in [1.29, 1.82) is 0 Å². The van der Waals surface area contributed by atoms with E-state index in [0.29, 0.717) is 6.04 Å². The number of carbonyl (C=O) groups excluding carboxylic acids is 1. The van der Waals surface area contributed by atoms with Crippen LogP contribution >= 0.6 is 0 Å². The van der Waals surface area contributed by atoms with Crippen LogP contribution in [0.4, 0.5) is 0 Å². The van der Waals surface area contributed by atoms with E-state index in [1.54, 1.807) is 4.90 Å². The summed E-state index contributed by atoms with van der Waals surface area (Å²) >= 11 is 0. The maximum absolute atomic E-state index is 10.8. The summed E-state index contributed by atoms with van der Waals surface area (Å²) in [5.41, 5.74) is 1.16. The van der Waals surface area contributed by atoms with Gasteiger partial charge in [-0.3, -0.25) is 4.79 Å². The first-order chi connectivity index (χ1) is 6.49. The van der Waals surface area contributed by atoms with E-state index < -0.39 is 0 Å². The van der Waals surface area contributed by atoms with E-state index in [0.717, 1.165) is 24.8 Å². The van der Waals surface area contributed by atoms with Gasteiger partial charge in [-0.1, -0.05) is 33.4 Å². The maximum Gasteiger partial charge on any atom is 0.213 e. The van der Waals surface area contributed by atoms with E-state index in [1.807, 2.05) is 12.3 Å². The van der Waals surface area contributed by atoms with Crippen molar-refractivity contribution in [3.8, 4) is 0 Å². The molecule has 2 nitrogen and oxygen atoms in total. The molecule has 14 heavy (non-hydrogen) atoms. The van der Waals surface area contributed by atoms with Crippen LogP contribution in [0.1, 0.15) is 33.6 Å². The van der Waals surface area contributed by atoms with Crippen LogP contribution in [0, 0.1) is 5.41 Å². The van der Waals surface area contributed by atoms with Crippen molar-refractivity contribution in [3.63, 3.8) is 0 Å². The van der Waals surface area contributed by atoms with Gasteiger partial charge in [-0.15, -0.1) is 0 Å².